The maximum absolute atomic E-state index is 11.6. The van der Waals surface area contributed by atoms with Gasteiger partial charge in [-0.25, -0.2) is 4.79 Å². The van der Waals surface area contributed by atoms with E-state index >= 15 is 0 Å². The molecule has 0 aromatic carbocycles. The second-order valence-corrected chi connectivity index (χ2v) is 4.26. The zero-order valence-electron chi connectivity index (χ0n) is 10.5. The fourth-order valence-corrected chi connectivity index (χ4v) is 2.04. The maximum atomic E-state index is 11.6. The molecule has 1 fully saturated rings. The third-order valence-electron chi connectivity index (χ3n) is 2.96. The van der Waals surface area contributed by atoms with Crippen LogP contribution in [0.3, 0.4) is 0 Å². The van der Waals surface area contributed by atoms with E-state index in [9.17, 15) is 14.4 Å². The first-order valence-electron chi connectivity index (χ1n) is 5.83. The van der Waals surface area contributed by atoms with Crippen molar-refractivity contribution >= 4 is 18.0 Å². The Kier molecular flexibility index (Phi) is 4.94. The maximum Gasteiger partial charge on any atom is 0.407 e. The molecular weight excluding hydrogens is 240 g/mol. The molecule has 102 valence electrons. The molecule has 0 aliphatic carbocycles. The van der Waals surface area contributed by atoms with Gasteiger partial charge in [0.2, 0.25) is 5.91 Å². The van der Waals surface area contributed by atoms with Gasteiger partial charge < -0.3 is 20.1 Å². The lowest BCUT2D eigenvalue weighted by Gasteiger charge is -2.36. The normalized spacial score (nSPS) is 23.3. The molecule has 0 bridgehead atoms. The minimum Gasteiger partial charge on any atom is -0.481 e. The van der Waals surface area contributed by atoms with E-state index in [-0.39, 0.29) is 18.5 Å². The topological polar surface area (TPSA) is 95.9 Å². The second kappa shape index (κ2) is 6.23. The summed E-state index contributed by atoms with van der Waals surface area (Å²) in [5.41, 5.74) is 0. The fourth-order valence-electron chi connectivity index (χ4n) is 2.04. The fraction of sp³-hybridized carbons (Fsp3) is 0.727. The van der Waals surface area contributed by atoms with Crippen LogP contribution >= 0.6 is 0 Å². The first-order valence-corrected chi connectivity index (χ1v) is 5.83. The van der Waals surface area contributed by atoms with Crippen LogP contribution in [0.15, 0.2) is 0 Å². The third-order valence-corrected chi connectivity index (χ3v) is 2.96. The average molecular weight is 258 g/mol. The van der Waals surface area contributed by atoms with Gasteiger partial charge in [-0.2, -0.15) is 0 Å². The van der Waals surface area contributed by atoms with Gasteiger partial charge >= 0.3 is 12.1 Å². The number of rotatable bonds is 3. The van der Waals surface area contributed by atoms with Gasteiger partial charge in [0, 0.05) is 19.5 Å². The van der Waals surface area contributed by atoms with Crippen LogP contribution in [0.25, 0.3) is 0 Å². The summed E-state index contributed by atoms with van der Waals surface area (Å²) >= 11 is 0. The molecule has 1 aliphatic heterocycles. The standard InChI is InChI=1S/C11H18N2O5/c1-3-9(14)13-5-7(10(15)16)4-8(6-13)12-11(17)18-2/h7-8H,3-6H2,1-2H3,(H,12,17)(H,15,16). The van der Waals surface area contributed by atoms with Crippen LogP contribution in [0.5, 0.6) is 0 Å². The number of hydrogen-bond donors (Lipinski definition) is 2. The monoisotopic (exact) mass is 258 g/mol. The number of carboxylic acids is 1. The Labute approximate surface area is 105 Å². The van der Waals surface area contributed by atoms with Crippen molar-refractivity contribution in [1.82, 2.24) is 10.2 Å². The van der Waals surface area contributed by atoms with E-state index in [2.05, 4.69) is 10.1 Å². The molecule has 2 N–H and O–H groups in total. The summed E-state index contributed by atoms with van der Waals surface area (Å²) in [7, 11) is 1.24. The molecule has 0 spiro atoms. The largest absolute Gasteiger partial charge is 0.481 e. The van der Waals surface area contributed by atoms with Gasteiger partial charge in [-0.1, -0.05) is 6.92 Å². The Hall–Kier alpha value is -1.79. The highest BCUT2D eigenvalue weighted by molar-refractivity contribution is 5.78. The summed E-state index contributed by atoms with van der Waals surface area (Å²) in [4.78, 5) is 35.2. The lowest BCUT2D eigenvalue weighted by Crippen LogP contribution is -2.53. The van der Waals surface area contributed by atoms with Crippen molar-refractivity contribution in [3.8, 4) is 0 Å². The molecule has 2 unspecified atom stereocenters. The second-order valence-electron chi connectivity index (χ2n) is 4.26. The van der Waals surface area contributed by atoms with Crippen LogP contribution in [0.1, 0.15) is 19.8 Å². The number of likely N-dealkylation sites (tertiary alicyclic amines) is 1. The van der Waals surface area contributed by atoms with Gasteiger partial charge in [-0.15, -0.1) is 0 Å². The molecule has 1 rings (SSSR count). The molecule has 1 heterocycles. The predicted octanol–water partition coefficient (Wildman–Crippen LogP) is 0.0541. The van der Waals surface area contributed by atoms with Crippen molar-refractivity contribution in [1.29, 1.82) is 0 Å². The first kappa shape index (κ1) is 14.3. The van der Waals surface area contributed by atoms with E-state index in [1.54, 1.807) is 6.92 Å². The Morgan fingerprint density at radius 3 is 2.56 bits per heavy atom. The minimum atomic E-state index is -0.958. The number of amides is 2. The number of methoxy groups -OCH3 is 1. The number of nitrogens with zero attached hydrogens (tertiary/aromatic N) is 1. The van der Waals surface area contributed by atoms with Crippen molar-refractivity contribution < 1.29 is 24.2 Å². The van der Waals surface area contributed by atoms with E-state index in [4.69, 9.17) is 5.11 Å². The third kappa shape index (κ3) is 3.61. The van der Waals surface area contributed by atoms with Crippen molar-refractivity contribution in [2.75, 3.05) is 20.2 Å². The number of piperidine rings is 1. The highest BCUT2D eigenvalue weighted by Crippen LogP contribution is 2.18. The molecule has 2 amide bonds. The number of aliphatic carboxylic acids is 1. The molecule has 0 aromatic rings. The van der Waals surface area contributed by atoms with Crippen LogP contribution in [0.2, 0.25) is 0 Å². The Morgan fingerprint density at radius 1 is 1.39 bits per heavy atom. The summed E-state index contributed by atoms with van der Waals surface area (Å²) in [5, 5.41) is 11.6. The van der Waals surface area contributed by atoms with E-state index in [1.165, 1.54) is 12.0 Å². The SMILES string of the molecule is CCC(=O)N1CC(NC(=O)OC)CC(C(=O)O)C1. The lowest BCUT2D eigenvalue weighted by molar-refractivity contribution is -0.146. The molecule has 1 aliphatic rings. The summed E-state index contributed by atoms with van der Waals surface area (Å²) < 4.78 is 4.47. The Morgan fingerprint density at radius 2 is 2.06 bits per heavy atom. The molecular formula is C11H18N2O5. The van der Waals surface area contributed by atoms with Gasteiger partial charge in [0.05, 0.1) is 19.1 Å². The quantitative estimate of drug-likeness (QED) is 0.746. The summed E-state index contributed by atoms with van der Waals surface area (Å²) in [6.07, 6.45) is 0.00445. The van der Waals surface area contributed by atoms with Crippen molar-refractivity contribution in [3.05, 3.63) is 0 Å². The van der Waals surface area contributed by atoms with Gasteiger partial charge in [0.15, 0.2) is 0 Å². The number of hydrogen-bond acceptors (Lipinski definition) is 4. The molecule has 0 aromatic heterocycles. The molecule has 18 heavy (non-hydrogen) atoms. The van der Waals surface area contributed by atoms with E-state index in [0.717, 1.165) is 0 Å². The molecule has 7 nitrogen and oxygen atoms in total. The number of carboxylic acid groups (broad SMARTS) is 1. The van der Waals surface area contributed by atoms with E-state index in [1.807, 2.05) is 0 Å². The highest BCUT2D eigenvalue weighted by Gasteiger charge is 2.34. The lowest BCUT2D eigenvalue weighted by atomic mass is 9.94. The van der Waals surface area contributed by atoms with Gasteiger partial charge in [-0.05, 0) is 6.42 Å². The van der Waals surface area contributed by atoms with Crippen molar-refractivity contribution in [3.63, 3.8) is 0 Å². The number of alkyl carbamates (subject to hydrolysis) is 1. The first-order chi connectivity index (χ1) is 8.47. The Bertz CT molecular complexity index is 344. The molecule has 0 saturated carbocycles. The summed E-state index contributed by atoms with van der Waals surface area (Å²) in [5.74, 6) is -1.73. The number of ether oxygens (including phenoxy) is 1. The average Bonchev–Trinajstić information content (AvgIpc) is 2.37. The molecule has 2 atom stereocenters. The van der Waals surface area contributed by atoms with Crippen molar-refractivity contribution in [2.24, 2.45) is 5.92 Å². The van der Waals surface area contributed by atoms with E-state index in [0.29, 0.717) is 19.4 Å². The van der Waals surface area contributed by atoms with Crippen LogP contribution in [0.4, 0.5) is 4.79 Å². The zero-order valence-corrected chi connectivity index (χ0v) is 10.5. The van der Waals surface area contributed by atoms with E-state index < -0.39 is 18.0 Å². The zero-order chi connectivity index (χ0) is 13.7. The molecule has 0 radical (unpaired) electrons. The van der Waals surface area contributed by atoms with Crippen LogP contribution in [-0.4, -0.2) is 54.2 Å². The predicted molar refractivity (Wildman–Crippen MR) is 61.9 cm³/mol. The summed E-state index contributed by atoms with van der Waals surface area (Å²) in [6.45, 7) is 2.24. The highest BCUT2D eigenvalue weighted by atomic mass is 16.5. The smallest absolute Gasteiger partial charge is 0.407 e. The molecule has 1 saturated heterocycles. The van der Waals surface area contributed by atoms with Gasteiger partial charge in [-0.3, -0.25) is 9.59 Å². The minimum absolute atomic E-state index is 0.113. The van der Waals surface area contributed by atoms with Gasteiger partial charge in [0.1, 0.15) is 0 Å². The molecule has 7 heteroatoms. The number of carbonyl (C=O) groups is 3. The van der Waals surface area contributed by atoms with Crippen LogP contribution < -0.4 is 5.32 Å². The Balaban J connectivity index is 2.71. The number of nitrogens with one attached hydrogen (secondary N) is 1. The number of carbonyl (C=O) groups excluding carboxylic acids is 2. The van der Waals surface area contributed by atoms with Gasteiger partial charge in [0.25, 0.3) is 0 Å². The summed E-state index contributed by atoms with van der Waals surface area (Å²) in [6, 6.07) is -0.386. The van der Waals surface area contributed by atoms with Crippen LogP contribution in [-0.2, 0) is 14.3 Å². The van der Waals surface area contributed by atoms with Crippen LogP contribution in [0, 0.1) is 5.92 Å². The van der Waals surface area contributed by atoms with Crippen molar-refractivity contribution in [2.45, 2.75) is 25.8 Å².